The molecule has 0 atom stereocenters. The molecule has 0 saturated carbocycles. The number of guanidine groups is 1. The number of hydrogen-bond donors (Lipinski definition) is 2. The number of methoxy groups -OCH3 is 3. The lowest BCUT2D eigenvalue weighted by Crippen LogP contribution is -2.40. The Morgan fingerprint density at radius 3 is 2.00 bits per heavy atom. The third-order valence-electron chi connectivity index (χ3n) is 4.42. The van der Waals surface area contributed by atoms with E-state index in [0.29, 0.717) is 11.7 Å². The molecule has 0 spiro atoms. The minimum absolute atomic E-state index is 0. The van der Waals surface area contributed by atoms with Gasteiger partial charge in [0.05, 0.1) is 21.3 Å². The van der Waals surface area contributed by atoms with Crippen LogP contribution in [0.3, 0.4) is 0 Å². The van der Waals surface area contributed by atoms with Crippen LogP contribution in [-0.2, 0) is 6.42 Å². The van der Waals surface area contributed by atoms with Gasteiger partial charge in [-0.2, -0.15) is 0 Å². The van der Waals surface area contributed by atoms with Crippen molar-refractivity contribution in [2.75, 3.05) is 41.5 Å². The number of benzene rings is 1. The van der Waals surface area contributed by atoms with E-state index in [0.717, 1.165) is 42.5 Å². The molecule has 6 nitrogen and oxygen atoms in total. The molecular formula is C19H34IN3O3. The molecule has 26 heavy (non-hydrogen) atoms. The van der Waals surface area contributed by atoms with Crippen LogP contribution in [0.2, 0.25) is 0 Å². The standard InChI is InChI=1S/C19H33N3O3.HI/c1-7-14(8-2)13-22-19(20-3)21-10-9-16-17(24-5)11-15(23-4)12-18(16)25-6;/h11-12,14H,7-10,13H2,1-6H3,(H2,20,21,22);1H. The number of hydrogen-bond acceptors (Lipinski definition) is 4. The molecular weight excluding hydrogens is 445 g/mol. The predicted molar refractivity (Wildman–Crippen MR) is 119 cm³/mol. The summed E-state index contributed by atoms with van der Waals surface area (Å²) < 4.78 is 16.3. The third-order valence-corrected chi connectivity index (χ3v) is 4.42. The molecule has 0 aliphatic heterocycles. The molecule has 0 aromatic heterocycles. The summed E-state index contributed by atoms with van der Waals surface area (Å²) in [5.74, 6) is 3.72. The van der Waals surface area contributed by atoms with E-state index in [1.54, 1.807) is 28.4 Å². The minimum Gasteiger partial charge on any atom is -0.496 e. The maximum Gasteiger partial charge on any atom is 0.190 e. The van der Waals surface area contributed by atoms with E-state index in [-0.39, 0.29) is 24.0 Å². The van der Waals surface area contributed by atoms with Crippen molar-refractivity contribution in [2.24, 2.45) is 10.9 Å². The summed E-state index contributed by atoms with van der Waals surface area (Å²) in [6.07, 6.45) is 3.09. The molecule has 0 fully saturated rings. The Kier molecular flexibility index (Phi) is 13.0. The van der Waals surface area contributed by atoms with Crippen molar-refractivity contribution < 1.29 is 14.2 Å². The average molecular weight is 479 g/mol. The van der Waals surface area contributed by atoms with E-state index in [1.165, 1.54) is 12.8 Å². The van der Waals surface area contributed by atoms with Gasteiger partial charge in [-0.1, -0.05) is 26.7 Å². The van der Waals surface area contributed by atoms with E-state index >= 15 is 0 Å². The first-order valence-electron chi connectivity index (χ1n) is 8.86. The van der Waals surface area contributed by atoms with Gasteiger partial charge in [0.15, 0.2) is 5.96 Å². The van der Waals surface area contributed by atoms with Crippen LogP contribution in [0, 0.1) is 5.92 Å². The molecule has 0 radical (unpaired) electrons. The molecule has 7 heteroatoms. The summed E-state index contributed by atoms with van der Waals surface area (Å²) in [6.45, 7) is 6.09. The highest BCUT2D eigenvalue weighted by atomic mass is 127. The zero-order chi connectivity index (χ0) is 18.7. The van der Waals surface area contributed by atoms with Crippen LogP contribution >= 0.6 is 24.0 Å². The Hall–Kier alpha value is -1.38. The number of nitrogens with zero attached hydrogens (tertiary/aromatic N) is 1. The van der Waals surface area contributed by atoms with Crippen LogP contribution in [0.1, 0.15) is 32.3 Å². The van der Waals surface area contributed by atoms with Crippen LogP contribution in [0.5, 0.6) is 17.2 Å². The van der Waals surface area contributed by atoms with Gasteiger partial charge in [-0.15, -0.1) is 24.0 Å². The molecule has 1 aromatic rings. The van der Waals surface area contributed by atoms with E-state index < -0.39 is 0 Å². The maximum atomic E-state index is 5.49. The quantitative estimate of drug-likeness (QED) is 0.306. The molecule has 1 aromatic carbocycles. The lowest BCUT2D eigenvalue weighted by Gasteiger charge is -2.18. The number of nitrogens with one attached hydrogen (secondary N) is 2. The van der Waals surface area contributed by atoms with Crippen LogP contribution in [0.4, 0.5) is 0 Å². The van der Waals surface area contributed by atoms with Crippen molar-refractivity contribution in [3.8, 4) is 17.2 Å². The van der Waals surface area contributed by atoms with Crippen LogP contribution < -0.4 is 24.8 Å². The fourth-order valence-electron chi connectivity index (χ4n) is 2.67. The van der Waals surface area contributed by atoms with E-state index in [4.69, 9.17) is 14.2 Å². The molecule has 0 heterocycles. The highest BCUT2D eigenvalue weighted by molar-refractivity contribution is 14.0. The summed E-state index contributed by atoms with van der Waals surface area (Å²) in [6, 6.07) is 3.75. The monoisotopic (exact) mass is 479 g/mol. The molecule has 1 rings (SSSR count). The molecule has 0 bridgehead atoms. The first-order chi connectivity index (χ1) is 12.1. The third kappa shape index (κ3) is 7.47. The molecule has 2 N–H and O–H groups in total. The van der Waals surface area contributed by atoms with Gasteiger partial charge in [0, 0.05) is 37.8 Å². The fourth-order valence-corrected chi connectivity index (χ4v) is 2.67. The summed E-state index contributed by atoms with van der Waals surface area (Å²) in [5, 5.41) is 6.74. The van der Waals surface area contributed by atoms with Crippen LogP contribution in [-0.4, -0.2) is 47.4 Å². The second-order valence-electron chi connectivity index (χ2n) is 5.82. The molecule has 0 amide bonds. The summed E-state index contributed by atoms with van der Waals surface area (Å²) >= 11 is 0. The number of ether oxygens (including phenoxy) is 3. The normalized spacial score (nSPS) is 11.0. The summed E-state index contributed by atoms with van der Waals surface area (Å²) in [4.78, 5) is 4.28. The SMILES string of the molecule is CCC(CC)CNC(=NC)NCCc1c(OC)cc(OC)cc1OC.I. The molecule has 0 aliphatic carbocycles. The van der Waals surface area contributed by atoms with Crippen molar-refractivity contribution in [1.82, 2.24) is 10.6 Å². The number of halogens is 1. The molecule has 0 aliphatic rings. The van der Waals surface area contributed by atoms with Gasteiger partial charge >= 0.3 is 0 Å². The molecule has 150 valence electrons. The van der Waals surface area contributed by atoms with Gasteiger partial charge in [-0.3, -0.25) is 4.99 Å². The number of aliphatic imine (C=N–C) groups is 1. The van der Waals surface area contributed by atoms with E-state index in [1.807, 2.05) is 12.1 Å². The lowest BCUT2D eigenvalue weighted by atomic mass is 10.0. The van der Waals surface area contributed by atoms with Crippen molar-refractivity contribution >= 4 is 29.9 Å². The second-order valence-corrected chi connectivity index (χ2v) is 5.82. The van der Waals surface area contributed by atoms with Gasteiger partial charge in [-0.25, -0.2) is 0 Å². The Bertz CT molecular complexity index is 524. The van der Waals surface area contributed by atoms with Gasteiger partial charge in [0.1, 0.15) is 17.2 Å². The lowest BCUT2D eigenvalue weighted by molar-refractivity contribution is 0.368. The second kappa shape index (κ2) is 13.8. The Labute approximate surface area is 175 Å². The molecule has 0 unspecified atom stereocenters. The zero-order valence-electron chi connectivity index (χ0n) is 16.8. The van der Waals surface area contributed by atoms with Crippen molar-refractivity contribution in [1.29, 1.82) is 0 Å². The predicted octanol–water partition coefficient (Wildman–Crippen LogP) is 3.47. The van der Waals surface area contributed by atoms with Gasteiger partial charge in [-0.05, 0) is 12.3 Å². The van der Waals surface area contributed by atoms with E-state index in [2.05, 4.69) is 29.5 Å². The zero-order valence-corrected chi connectivity index (χ0v) is 19.2. The van der Waals surface area contributed by atoms with Crippen LogP contribution in [0.25, 0.3) is 0 Å². The Balaban J connectivity index is 0.00000625. The highest BCUT2D eigenvalue weighted by Crippen LogP contribution is 2.34. The Morgan fingerprint density at radius 1 is 1.00 bits per heavy atom. The van der Waals surface area contributed by atoms with Crippen molar-refractivity contribution in [2.45, 2.75) is 33.1 Å². The largest absolute Gasteiger partial charge is 0.496 e. The summed E-state index contributed by atoms with van der Waals surface area (Å²) in [5.41, 5.74) is 1.01. The van der Waals surface area contributed by atoms with E-state index in [9.17, 15) is 0 Å². The van der Waals surface area contributed by atoms with Crippen molar-refractivity contribution in [3.05, 3.63) is 17.7 Å². The summed E-state index contributed by atoms with van der Waals surface area (Å²) in [7, 11) is 6.73. The van der Waals surface area contributed by atoms with Gasteiger partial charge in [0.2, 0.25) is 0 Å². The average Bonchev–Trinajstić information content (AvgIpc) is 2.66. The van der Waals surface area contributed by atoms with Crippen LogP contribution in [0.15, 0.2) is 17.1 Å². The first kappa shape index (κ1) is 24.6. The minimum atomic E-state index is 0. The topological polar surface area (TPSA) is 64.1 Å². The van der Waals surface area contributed by atoms with Crippen molar-refractivity contribution in [3.63, 3.8) is 0 Å². The smallest absolute Gasteiger partial charge is 0.190 e. The van der Waals surface area contributed by atoms with Gasteiger partial charge < -0.3 is 24.8 Å². The maximum absolute atomic E-state index is 5.49. The highest BCUT2D eigenvalue weighted by Gasteiger charge is 2.13. The number of rotatable bonds is 10. The van der Waals surface area contributed by atoms with Gasteiger partial charge in [0.25, 0.3) is 0 Å². The molecule has 0 saturated heterocycles. The first-order valence-corrected chi connectivity index (χ1v) is 8.86. The Morgan fingerprint density at radius 2 is 1.58 bits per heavy atom. The fraction of sp³-hybridized carbons (Fsp3) is 0.632.